The Kier molecular flexibility index (Phi) is 3.74. The number of aliphatic imine (C=N–C) groups is 1. The molecule has 0 spiro atoms. The van der Waals surface area contributed by atoms with Crippen LogP contribution >= 0.6 is 0 Å². The average Bonchev–Trinajstić information content (AvgIpc) is 2.88. The molecule has 2 aromatic heterocycles. The van der Waals surface area contributed by atoms with Crippen molar-refractivity contribution in [3.8, 4) is 0 Å². The van der Waals surface area contributed by atoms with Crippen LogP contribution in [0.25, 0.3) is 11.0 Å². The lowest BCUT2D eigenvalue weighted by atomic mass is 9.94. The number of pyridine rings is 1. The number of nitrogens with zero attached hydrogens (tertiary/aromatic N) is 3. The second kappa shape index (κ2) is 5.57. The molecule has 0 aliphatic carbocycles. The molecule has 5 heteroatoms. The minimum absolute atomic E-state index is 0.190. The predicted octanol–water partition coefficient (Wildman–Crippen LogP) is 2.54. The lowest BCUT2D eigenvalue weighted by Crippen LogP contribution is -2.29. The van der Waals surface area contributed by atoms with Crippen molar-refractivity contribution in [3.05, 3.63) is 36.2 Å². The van der Waals surface area contributed by atoms with Crippen LogP contribution in [0.2, 0.25) is 0 Å². The molecule has 0 radical (unpaired) electrons. The maximum atomic E-state index is 6.24. The van der Waals surface area contributed by atoms with Crippen molar-refractivity contribution in [2.45, 2.75) is 20.0 Å². The number of allylic oxidation sites excluding steroid dienone is 2. The normalized spacial score (nSPS) is 25.1. The van der Waals surface area contributed by atoms with Crippen molar-refractivity contribution in [2.24, 2.45) is 22.6 Å². The quantitative estimate of drug-likeness (QED) is 0.895. The van der Waals surface area contributed by atoms with Crippen molar-refractivity contribution in [3.63, 3.8) is 0 Å². The van der Waals surface area contributed by atoms with E-state index in [4.69, 9.17) is 10.7 Å². The van der Waals surface area contributed by atoms with E-state index in [1.54, 1.807) is 0 Å². The monoisotopic (exact) mass is 297 g/mol. The lowest BCUT2D eigenvalue weighted by molar-refractivity contribution is 0.387. The summed E-state index contributed by atoms with van der Waals surface area (Å²) < 4.78 is 0. The van der Waals surface area contributed by atoms with Crippen molar-refractivity contribution in [1.29, 1.82) is 0 Å². The Morgan fingerprint density at radius 3 is 2.77 bits per heavy atom. The van der Waals surface area contributed by atoms with E-state index in [1.807, 2.05) is 32.6 Å². The van der Waals surface area contributed by atoms with Crippen LogP contribution in [0.3, 0.4) is 0 Å². The molecular formula is C17H23N5. The van der Waals surface area contributed by atoms with Crippen LogP contribution < -0.4 is 10.6 Å². The van der Waals surface area contributed by atoms with Crippen molar-refractivity contribution in [2.75, 3.05) is 19.0 Å². The summed E-state index contributed by atoms with van der Waals surface area (Å²) >= 11 is 0. The molecule has 0 saturated heterocycles. The van der Waals surface area contributed by atoms with Crippen LogP contribution in [0, 0.1) is 11.8 Å². The third-order valence-corrected chi connectivity index (χ3v) is 4.52. The second-order valence-electron chi connectivity index (χ2n) is 6.23. The fourth-order valence-corrected chi connectivity index (χ4v) is 2.82. The number of anilines is 1. The summed E-state index contributed by atoms with van der Waals surface area (Å²) in [4.78, 5) is 14.5. The number of rotatable bonds is 2. The molecule has 0 saturated carbocycles. The molecule has 3 rings (SSSR count). The molecule has 3 unspecified atom stereocenters. The molecule has 2 aromatic rings. The second-order valence-corrected chi connectivity index (χ2v) is 6.23. The van der Waals surface area contributed by atoms with E-state index in [-0.39, 0.29) is 6.17 Å². The molecule has 1 aliphatic heterocycles. The van der Waals surface area contributed by atoms with Gasteiger partial charge in [0.2, 0.25) is 0 Å². The summed E-state index contributed by atoms with van der Waals surface area (Å²) in [6, 6.07) is 2.02. The fraction of sp³-hybridized carbons (Fsp3) is 0.412. The summed E-state index contributed by atoms with van der Waals surface area (Å²) in [6.07, 6.45) is 7.88. The maximum absolute atomic E-state index is 6.24. The molecule has 3 heterocycles. The van der Waals surface area contributed by atoms with E-state index in [0.717, 1.165) is 28.0 Å². The van der Waals surface area contributed by atoms with Gasteiger partial charge in [-0.2, -0.15) is 0 Å². The molecule has 116 valence electrons. The Balaban J connectivity index is 2.18. The first-order chi connectivity index (χ1) is 10.5. The molecule has 0 fully saturated rings. The topological polar surface area (TPSA) is 70.3 Å². The smallest absolute Gasteiger partial charge is 0.140 e. The summed E-state index contributed by atoms with van der Waals surface area (Å²) in [7, 11) is 4.07. The average molecular weight is 297 g/mol. The SMILES string of the molecule is CC1C=CC(c2c[nH]c3nccc(N(C)C)c23)=NC(N)C1C. The van der Waals surface area contributed by atoms with Crippen LogP contribution in [-0.2, 0) is 0 Å². The largest absolute Gasteiger partial charge is 0.377 e. The van der Waals surface area contributed by atoms with Gasteiger partial charge in [0.1, 0.15) is 11.8 Å². The first kappa shape index (κ1) is 14.8. The van der Waals surface area contributed by atoms with Gasteiger partial charge in [0.05, 0.1) is 11.1 Å². The van der Waals surface area contributed by atoms with Gasteiger partial charge in [0.25, 0.3) is 0 Å². The zero-order valence-corrected chi connectivity index (χ0v) is 13.5. The number of hydrogen-bond acceptors (Lipinski definition) is 4. The lowest BCUT2D eigenvalue weighted by Gasteiger charge is -2.19. The number of H-pyrrole nitrogens is 1. The highest BCUT2D eigenvalue weighted by Gasteiger charge is 2.22. The van der Waals surface area contributed by atoms with Gasteiger partial charge in [-0.05, 0) is 24.0 Å². The van der Waals surface area contributed by atoms with Gasteiger partial charge in [0.15, 0.2) is 0 Å². The van der Waals surface area contributed by atoms with E-state index >= 15 is 0 Å². The summed E-state index contributed by atoms with van der Waals surface area (Å²) in [6.45, 7) is 4.33. The molecule has 3 N–H and O–H groups in total. The minimum atomic E-state index is -0.190. The molecule has 0 amide bonds. The van der Waals surface area contributed by atoms with Gasteiger partial charge in [-0.3, -0.25) is 4.99 Å². The van der Waals surface area contributed by atoms with Crippen LogP contribution in [0.5, 0.6) is 0 Å². The van der Waals surface area contributed by atoms with Gasteiger partial charge >= 0.3 is 0 Å². The number of aromatic nitrogens is 2. The van der Waals surface area contributed by atoms with Crippen LogP contribution in [0.15, 0.2) is 35.6 Å². The Morgan fingerprint density at radius 1 is 1.27 bits per heavy atom. The van der Waals surface area contributed by atoms with Gasteiger partial charge in [-0.1, -0.05) is 19.9 Å². The fourth-order valence-electron chi connectivity index (χ4n) is 2.82. The number of nitrogens with one attached hydrogen (secondary N) is 1. The Morgan fingerprint density at radius 2 is 2.05 bits per heavy atom. The Bertz CT molecular complexity index is 741. The van der Waals surface area contributed by atoms with Gasteiger partial charge in [0, 0.05) is 37.7 Å². The maximum Gasteiger partial charge on any atom is 0.140 e. The molecule has 22 heavy (non-hydrogen) atoms. The summed E-state index contributed by atoms with van der Waals surface area (Å²) in [5.74, 6) is 0.735. The number of fused-ring (bicyclic) bond motifs is 1. The highest BCUT2D eigenvalue weighted by atomic mass is 15.1. The molecule has 3 atom stereocenters. The first-order valence-electron chi connectivity index (χ1n) is 7.64. The van der Waals surface area contributed by atoms with Crippen molar-refractivity contribution < 1.29 is 0 Å². The van der Waals surface area contributed by atoms with Gasteiger partial charge < -0.3 is 15.6 Å². The Labute approximate surface area is 130 Å². The van der Waals surface area contributed by atoms with E-state index in [0.29, 0.717) is 11.8 Å². The summed E-state index contributed by atoms with van der Waals surface area (Å²) in [5.41, 5.74) is 10.2. The van der Waals surface area contributed by atoms with Crippen LogP contribution in [-0.4, -0.2) is 35.9 Å². The number of aromatic amines is 1. The molecule has 5 nitrogen and oxygen atoms in total. The van der Waals surface area contributed by atoms with Gasteiger partial charge in [-0.15, -0.1) is 0 Å². The minimum Gasteiger partial charge on any atom is -0.377 e. The van der Waals surface area contributed by atoms with E-state index in [2.05, 4.69) is 40.9 Å². The third kappa shape index (κ3) is 2.41. The summed E-state index contributed by atoms with van der Waals surface area (Å²) in [5, 5.41) is 1.09. The van der Waals surface area contributed by atoms with Crippen molar-refractivity contribution in [1.82, 2.24) is 9.97 Å². The zero-order valence-electron chi connectivity index (χ0n) is 13.5. The van der Waals surface area contributed by atoms with E-state index in [9.17, 15) is 0 Å². The predicted molar refractivity (Wildman–Crippen MR) is 92.4 cm³/mol. The Hall–Kier alpha value is -2.14. The van der Waals surface area contributed by atoms with E-state index in [1.165, 1.54) is 0 Å². The molecule has 1 aliphatic rings. The van der Waals surface area contributed by atoms with Crippen molar-refractivity contribution >= 4 is 22.4 Å². The van der Waals surface area contributed by atoms with E-state index < -0.39 is 0 Å². The molecular weight excluding hydrogens is 274 g/mol. The molecule has 0 aromatic carbocycles. The van der Waals surface area contributed by atoms with Gasteiger partial charge in [-0.25, -0.2) is 4.98 Å². The van der Waals surface area contributed by atoms with Crippen LogP contribution in [0.4, 0.5) is 5.69 Å². The molecule has 0 bridgehead atoms. The first-order valence-corrected chi connectivity index (χ1v) is 7.64. The number of hydrogen-bond donors (Lipinski definition) is 2. The number of nitrogens with two attached hydrogens (primary N) is 1. The van der Waals surface area contributed by atoms with Crippen LogP contribution in [0.1, 0.15) is 19.4 Å². The third-order valence-electron chi connectivity index (χ3n) is 4.52. The highest BCUT2D eigenvalue weighted by Crippen LogP contribution is 2.29. The highest BCUT2D eigenvalue weighted by molar-refractivity contribution is 6.18. The zero-order chi connectivity index (χ0) is 15.9. The standard InChI is InChI=1S/C17H23N5/c1-10-5-6-13(21-16(18)11(10)2)12-9-20-17-15(12)14(22(3)4)7-8-19-17/h5-11,16H,18H2,1-4H3,(H,19,20).